The van der Waals surface area contributed by atoms with Crippen molar-refractivity contribution in [3.05, 3.63) is 34.9 Å². The topological polar surface area (TPSA) is 47.3 Å². The molecule has 2 unspecified atom stereocenters. The van der Waals surface area contributed by atoms with Crippen LogP contribution in [0.5, 0.6) is 0 Å². The Labute approximate surface area is 125 Å². The Kier molecular flexibility index (Phi) is 4.32. The molecular weight excluding hydrogens is 272 g/mol. The lowest BCUT2D eigenvalue weighted by molar-refractivity contribution is -0.0982. The normalized spacial score (nSPS) is 26.8. The van der Waals surface area contributed by atoms with E-state index in [1.807, 2.05) is 18.2 Å². The van der Waals surface area contributed by atoms with Gasteiger partial charge in [0.25, 0.3) is 0 Å². The van der Waals surface area contributed by atoms with E-state index in [1.165, 1.54) is 25.7 Å². The third-order valence-electron chi connectivity index (χ3n) is 4.94. The standard InChI is InChI=1S/C16H23ClN2O/c17-14-6-2-1-5-13(14)15(19-18)12-7-10-20-16(11-12)8-3-4-9-16/h1-2,5-6,12,15,19H,3-4,7-11,18H2. The highest BCUT2D eigenvalue weighted by atomic mass is 35.5. The average Bonchev–Trinajstić information content (AvgIpc) is 2.90. The Morgan fingerprint density at radius 3 is 2.75 bits per heavy atom. The van der Waals surface area contributed by atoms with Gasteiger partial charge in [-0.1, -0.05) is 42.6 Å². The summed E-state index contributed by atoms with van der Waals surface area (Å²) in [6, 6.07) is 8.11. The van der Waals surface area contributed by atoms with E-state index in [0.717, 1.165) is 30.0 Å². The molecule has 1 aliphatic carbocycles. The Morgan fingerprint density at radius 1 is 1.30 bits per heavy atom. The minimum atomic E-state index is 0.110. The summed E-state index contributed by atoms with van der Waals surface area (Å²) in [6.07, 6.45) is 7.11. The van der Waals surface area contributed by atoms with E-state index in [4.69, 9.17) is 22.2 Å². The first-order chi connectivity index (χ1) is 9.74. The highest BCUT2D eigenvalue weighted by molar-refractivity contribution is 6.31. The summed E-state index contributed by atoms with van der Waals surface area (Å²) in [5, 5.41) is 0.794. The second-order valence-corrected chi connectivity index (χ2v) is 6.56. The maximum Gasteiger partial charge on any atom is 0.0686 e. The van der Waals surface area contributed by atoms with Gasteiger partial charge >= 0.3 is 0 Å². The first-order valence-corrected chi connectivity index (χ1v) is 7.96. The molecule has 2 aliphatic rings. The van der Waals surface area contributed by atoms with Crippen molar-refractivity contribution in [3.8, 4) is 0 Å². The third kappa shape index (κ3) is 2.73. The fraction of sp³-hybridized carbons (Fsp3) is 0.625. The molecule has 3 nitrogen and oxygen atoms in total. The number of hydrogen-bond donors (Lipinski definition) is 2. The van der Waals surface area contributed by atoms with Crippen molar-refractivity contribution in [1.29, 1.82) is 0 Å². The van der Waals surface area contributed by atoms with Gasteiger partial charge in [-0.05, 0) is 43.2 Å². The second kappa shape index (κ2) is 6.02. The van der Waals surface area contributed by atoms with Gasteiger partial charge in [0.15, 0.2) is 0 Å². The summed E-state index contributed by atoms with van der Waals surface area (Å²) in [5.41, 5.74) is 4.21. The van der Waals surface area contributed by atoms with Crippen LogP contribution in [0.4, 0.5) is 0 Å². The number of nitrogens with two attached hydrogens (primary N) is 1. The van der Waals surface area contributed by atoms with Crippen LogP contribution >= 0.6 is 11.6 Å². The van der Waals surface area contributed by atoms with Crippen LogP contribution in [0.1, 0.15) is 50.1 Å². The molecule has 4 heteroatoms. The van der Waals surface area contributed by atoms with Crippen molar-refractivity contribution < 1.29 is 4.74 Å². The lowest BCUT2D eigenvalue weighted by Gasteiger charge is -2.41. The van der Waals surface area contributed by atoms with E-state index in [1.54, 1.807) is 0 Å². The molecule has 1 aromatic rings. The Balaban J connectivity index is 1.81. The van der Waals surface area contributed by atoms with Gasteiger partial charge in [0.1, 0.15) is 0 Å². The van der Waals surface area contributed by atoms with Crippen LogP contribution in [0.2, 0.25) is 5.02 Å². The number of benzene rings is 1. The summed E-state index contributed by atoms with van der Waals surface area (Å²) in [6.45, 7) is 0.841. The molecule has 0 aromatic heterocycles. The van der Waals surface area contributed by atoms with E-state index < -0.39 is 0 Å². The van der Waals surface area contributed by atoms with Gasteiger partial charge < -0.3 is 4.74 Å². The van der Waals surface area contributed by atoms with Crippen LogP contribution < -0.4 is 11.3 Å². The number of nitrogens with one attached hydrogen (secondary N) is 1. The van der Waals surface area contributed by atoms with Crippen molar-refractivity contribution in [2.45, 2.75) is 50.2 Å². The molecule has 2 fully saturated rings. The van der Waals surface area contributed by atoms with Crippen molar-refractivity contribution in [3.63, 3.8) is 0 Å². The molecule has 1 heterocycles. The number of ether oxygens (including phenoxy) is 1. The quantitative estimate of drug-likeness (QED) is 0.661. The van der Waals surface area contributed by atoms with E-state index in [-0.39, 0.29) is 11.6 Å². The van der Waals surface area contributed by atoms with E-state index >= 15 is 0 Å². The fourth-order valence-electron chi connectivity index (χ4n) is 3.93. The molecule has 3 N–H and O–H groups in total. The Hall–Kier alpha value is -0.610. The first kappa shape index (κ1) is 14.3. The van der Waals surface area contributed by atoms with Crippen molar-refractivity contribution in [2.75, 3.05) is 6.61 Å². The summed E-state index contributed by atoms with van der Waals surface area (Å²) in [5.74, 6) is 6.33. The molecule has 1 saturated heterocycles. The molecule has 0 amide bonds. The minimum absolute atomic E-state index is 0.110. The van der Waals surface area contributed by atoms with Crippen LogP contribution in [-0.4, -0.2) is 12.2 Å². The smallest absolute Gasteiger partial charge is 0.0686 e. The number of rotatable bonds is 3. The zero-order valence-corrected chi connectivity index (χ0v) is 12.5. The minimum Gasteiger partial charge on any atom is -0.375 e. The van der Waals surface area contributed by atoms with Gasteiger partial charge in [0.2, 0.25) is 0 Å². The summed E-state index contributed by atoms with van der Waals surface area (Å²) < 4.78 is 6.12. The molecule has 0 bridgehead atoms. The monoisotopic (exact) mass is 294 g/mol. The lowest BCUT2D eigenvalue weighted by atomic mass is 9.79. The van der Waals surface area contributed by atoms with Crippen LogP contribution in [0.25, 0.3) is 0 Å². The largest absolute Gasteiger partial charge is 0.375 e. The summed E-state index contributed by atoms with van der Waals surface area (Å²) >= 11 is 6.34. The molecule has 2 atom stereocenters. The van der Waals surface area contributed by atoms with Crippen LogP contribution in [0.3, 0.4) is 0 Å². The third-order valence-corrected chi connectivity index (χ3v) is 5.28. The number of halogens is 1. The molecule has 0 radical (unpaired) electrons. The average molecular weight is 295 g/mol. The van der Waals surface area contributed by atoms with E-state index in [2.05, 4.69) is 11.5 Å². The maximum atomic E-state index is 6.34. The van der Waals surface area contributed by atoms with Crippen LogP contribution in [0, 0.1) is 5.92 Å². The van der Waals surface area contributed by atoms with Crippen molar-refractivity contribution in [1.82, 2.24) is 5.43 Å². The van der Waals surface area contributed by atoms with Gasteiger partial charge in [0.05, 0.1) is 11.6 Å². The highest BCUT2D eigenvalue weighted by Gasteiger charge is 2.42. The van der Waals surface area contributed by atoms with Gasteiger partial charge in [-0.25, -0.2) is 0 Å². The van der Waals surface area contributed by atoms with Crippen LogP contribution in [0.15, 0.2) is 24.3 Å². The number of hydrogen-bond acceptors (Lipinski definition) is 3. The fourth-order valence-corrected chi connectivity index (χ4v) is 4.18. The van der Waals surface area contributed by atoms with E-state index in [9.17, 15) is 0 Å². The maximum absolute atomic E-state index is 6.34. The summed E-state index contributed by atoms with van der Waals surface area (Å²) in [7, 11) is 0. The van der Waals surface area contributed by atoms with Gasteiger partial charge in [0, 0.05) is 11.6 Å². The predicted octanol–water partition coefficient (Wildman–Crippen LogP) is 3.58. The highest BCUT2D eigenvalue weighted by Crippen LogP contribution is 2.45. The summed E-state index contributed by atoms with van der Waals surface area (Å²) in [4.78, 5) is 0. The van der Waals surface area contributed by atoms with Gasteiger partial charge in [-0.3, -0.25) is 11.3 Å². The molecule has 3 rings (SSSR count). The van der Waals surface area contributed by atoms with E-state index in [0.29, 0.717) is 5.92 Å². The predicted molar refractivity (Wildman–Crippen MR) is 81.4 cm³/mol. The van der Waals surface area contributed by atoms with Gasteiger partial charge in [-0.2, -0.15) is 0 Å². The molecular formula is C16H23ClN2O. The SMILES string of the molecule is NNC(c1ccccc1Cl)C1CCOC2(CCCC2)C1. The lowest BCUT2D eigenvalue weighted by Crippen LogP contribution is -2.43. The van der Waals surface area contributed by atoms with Gasteiger partial charge in [-0.15, -0.1) is 0 Å². The zero-order chi connectivity index (χ0) is 14.0. The molecule has 1 saturated carbocycles. The zero-order valence-electron chi connectivity index (χ0n) is 11.8. The van der Waals surface area contributed by atoms with Crippen molar-refractivity contribution >= 4 is 11.6 Å². The Bertz CT molecular complexity index is 460. The molecule has 20 heavy (non-hydrogen) atoms. The van der Waals surface area contributed by atoms with Crippen LogP contribution in [-0.2, 0) is 4.74 Å². The molecule has 1 spiro atoms. The second-order valence-electron chi connectivity index (χ2n) is 6.16. The molecule has 110 valence electrons. The van der Waals surface area contributed by atoms with Crippen molar-refractivity contribution in [2.24, 2.45) is 11.8 Å². The molecule has 1 aliphatic heterocycles. The molecule has 1 aromatic carbocycles. The first-order valence-electron chi connectivity index (χ1n) is 7.59. The number of hydrazine groups is 1. The Morgan fingerprint density at radius 2 is 2.05 bits per heavy atom.